The van der Waals surface area contributed by atoms with E-state index < -0.39 is 23.9 Å². The van der Waals surface area contributed by atoms with Gasteiger partial charge in [-0.25, -0.2) is 0 Å². The smallest absolute Gasteiger partial charge is 0.550 e. The molecule has 0 amide bonds. The van der Waals surface area contributed by atoms with Gasteiger partial charge in [0, 0.05) is 37.0 Å². The molecule has 0 rings (SSSR count). The van der Waals surface area contributed by atoms with Gasteiger partial charge in [-0.15, -0.1) is 0 Å². The Morgan fingerprint density at radius 3 is 0.636 bits per heavy atom. The van der Waals surface area contributed by atoms with Gasteiger partial charge in [-0.1, -0.05) is 0 Å². The number of carboxylic acid groups (broad SMARTS) is 4. The van der Waals surface area contributed by atoms with E-state index in [9.17, 15) is 0 Å². The predicted molar refractivity (Wildman–Crippen MR) is 60.8 cm³/mol. The molecule has 0 saturated carbocycles. The van der Waals surface area contributed by atoms with Crippen LogP contribution in [0.25, 0.3) is 0 Å². The van der Waals surface area contributed by atoms with Crippen LogP contribution >= 0.6 is 0 Å². The fourth-order valence-corrected chi connectivity index (χ4v) is 0. The quantitative estimate of drug-likeness (QED) is 0.429. The average molecular weight is 342 g/mol. The van der Waals surface area contributed by atoms with Crippen LogP contribution in [0.3, 0.4) is 0 Å². The van der Waals surface area contributed by atoms with Crippen molar-refractivity contribution in [3.63, 3.8) is 0 Å². The Morgan fingerprint density at radius 2 is 0.636 bits per heavy atom. The van der Waals surface area contributed by atoms with Crippen molar-refractivity contribution in [3.8, 4) is 0 Å². The van der Waals surface area contributed by atoms with Gasteiger partial charge in [-0.2, -0.15) is 0 Å². The van der Waals surface area contributed by atoms with Gasteiger partial charge in [0.2, 0.25) is 0 Å². The Hall–Kier alpha value is -0.200. The molecular weight excluding hydrogens is 322 g/mol. The molecule has 0 aromatic heterocycles. The number of carbonyl (C=O) groups is 4. The molecule has 0 aliphatic carbocycles. The molecular formula is C10H20N2Na2O8-2. The van der Waals surface area contributed by atoms with Crippen molar-refractivity contribution in [2.24, 2.45) is 11.5 Å². The van der Waals surface area contributed by atoms with Crippen molar-refractivity contribution in [1.82, 2.24) is 0 Å². The maximum absolute atomic E-state index is 8.89. The molecule has 0 aromatic rings. The van der Waals surface area contributed by atoms with E-state index in [1.54, 1.807) is 0 Å². The second-order valence-corrected chi connectivity index (χ2v) is 2.54. The Morgan fingerprint density at radius 1 is 0.591 bits per heavy atom. The van der Waals surface area contributed by atoms with Gasteiger partial charge < -0.3 is 51.1 Å². The maximum atomic E-state index is 8.89. The zero-order valence-corrected chi connectivity index (χ0v) is 17.8. The number of carboxylic acids is 4. The summed E-state index contributed by atoms with van der Waals surface area (Å²) in [6.45, 7) is 5.08. The summed E-state index contributed by atoms with van der Waals surface area (Å²) in [7, 11) is 0. The molecule has 0 spiro atoms. The van der Waals surface area contributed by atoms with Crippen LogP contribution in [-0.2, 0) is 19.2 Å². The van der Waals surface area contributed by atoms with Gasteiger partial charge in [0.25, 0.3) is 0 Å². The van der Waals surface area contributed by atoms with Crippen molar-refractivity contribution in [1.29, 1.82) is 0 Å². The van der Waals surface area contributed by atoms with Crippen LogP contribution in [0.4, 0.5) is 0 Å². The van der Waals surface area contributed by atoms with Crippen LogP contribution in [0.15, 0.2) is 0 Å². The standard InChI is InChI=1S/C2H8N2.4C2H4O2.2Na/c3-1-2-4;4*1-2(3)4;;/h1-4H2;4*1H3,(H,3,4);;/q;;;;;2*+1/p-4. The number of hydrogen-bond acceptors (Lipinski definition) is 10. The third-order valence-corrected chi connectivity index (χ3v) is 0.167. The summed E-state index contributed by atoms with van der Waals surface area (Å²) in [5.41, 5.74) is 9.81. The fraction of sp³-hybridized carbons (Fsp3) is 0.600. The Kier molecular flexibility index (Phi) is 83.8. The summed E-state index contributed by atoms with van der Waals surface area (Å²) in [4.78, 5) is 35.6. The monoisotopic (exact) mass is 342 g/mol. The summed E-state index contributed by atoms with van der Waals surface area (Å²) in [6.07, 6.45) is 0. The molecule has 0 bridgehead atoms. The predicted octanol–water partition coefficient (Wildman–Crippen LogP) is -12.1. The molecule has 10 nitrogen and oxygen atoms in total. The Balaban J connectivity index is -0.0000000250. The van der Waals surface area contributed by atoms with E-state index in [4.69, 9.17) is 51.1 Å². The SMILES string of the molecule is CC(=O)[O-].CC(=O)[O-].CC(=O)[O-].CC(=O)[O-].NCCN.[Na+].[Na+]. The first kappa shape index (κ1) is 43.1. The maximum Gasteiger partial charge on any atom is 1.00 e. The fourth-order valence-electron chi connectivity index (χ4n) is 0. The van der Waals surface area contributed by atoms with Crippen LogP contribution in [-0.4, -0.2) is 37.0 Å². The molecule has 4 N–H and O–H groups in total. The number of hydrogen-bond donors (Lipinski definition) is 2. The second-order valence-electron chi connectivity index (χ2n) is 2.54. The molecule has 0 fully saturated rings. The molecule has 122 valence electrons. The first-order chi connectivity index (χ1) is 8.84. The molecule has 0 saturated heterocycles. The van der Waals surface area contributed by atoms with Gasteiger partial charge in [0.1, 0.15) is 0 Å². The summed E-state index contributed by atoms with van der Waals surface area (Å²) < 4.78 is 0. The average Bonchev–Trinajstić information content (AvgIpc) is 2.13. The molecule has 0 atom stereocenters. The van der Waals surface area contributed by atoms with E-state index in [2.05, 4.69) is 0 Å². The van der Waals surface area contributed by atoms with E-state index in [1.807, 2.05) is 0 Å². The summed E-state index contributed by atoms with van der Waals surface area (Å²) >= 11 is 0. The molecule has 0 unspecified atom stereocenters. The van der Waals surface area contributed by atoms with E-state index in [0.717, 1.165) is 27.7 Å². The third-order valence-electron chi connectivity index (χ3n) is 0.167. The zero-order chi connectivity index (χ0) is 17.7. The minimum Gasteiger partial charge on any atom is -0.550 e. The van der Waals surface area contributed by atoms with Crippen molar-refractivity contribution in [2.75, 3.05) is 13.1 Å². The van der Waals surface area contributed by atoms with Crippen LogP contribution in [0.1, 0.15) is 27.7 Å². The van der Waals surface area contributed by atoms with Crippen molar-refractivity contribution in [2.45, 2.75) is 27.7 Å². The minimum atomic E-state index is -1.08. The molecule has 22 heavy (non-hydrogen) atoms. The van der Waals surface area contributed by atoms with E-state index in [1.165, 1.54) is 0 Å². The van der Waals surface area contributed by atoms with E-state index in [-0.39, 0.29) is 59.1 Å². The molecule has 0 aliphatic heterocycles. The van der Waals surface area contributed by atoms with Crippen LogP contribution < -0.4 is 91.0 Å². The first-order valence-electron chi connectivity index (χ1n) is 4.95. The summed E-state index contributed by atoms with van der Waals surface area (Å²) in [6, 6.07) is 0. The van der Waals surface area contributed by atoms with E-state index in [0.29, 0.717) is 13.1 Å². The largest absolute Gasteiger partial charge is 1.00 e. The summed E-state index contributed by atoms with van der Waals surface area (Å²) in [5.74, 6) is -4.33. The molecule has 0 radical (unpaired) electrons. The van der Waals surface area contributed by atoms with Crippen LogP contribution in [0.2, 0.25) is 0 Å². The third kappa shape index (κ3) is 10900. The van der Waals surface area contributed by atoms with Crippen molar-refractivity contribution >= 4 is 23.9 Å². The number of nitrogens with two attached hydrogens (primary N) is 2. The summed E-state index contributed by atoms with van der Waals surface area (Å²) in [5, 5.41) is 35.6. The van der Waals surface area contributed by atoms with Crippen molar-refractivity contribution in [3.05, 3.63) is 0 Å². The van der Waals surface area contributed by atoms with Crippen molar-refractivity contribution < 1.29 is 98.7 Å². The number of aliphatic carboxylic acids is 4. The normalized spacial score (nSPS) is 5.91. The molecule has 0 heterocycles. The molecule has 0 aromatic carbocycles. The van der Waals surface area contributed by atoms with Gasteiger partial charge in [-0.3, -0.25) is 0 Å². The minimum absolute atomic E-state index is 0. The first-order valence-corrected chi connectivity index (χ1v) is 4.95. The number of rotatable bonds is 1. The topological polar surface area (TPSA) is 213 Å². The Labute approximate surface area is 173 Å². The Bertz CT molecular complexity index is 199. The van der Waals surface area contributed by atoms with Gasteiger partial charge in [-0.05, 0) is 27.7 Å². The van der Waals surface area contributed by atoms with Gasteiger partial charge in [0.05, 0.1) is 0 Å². The molecule has 0 aliphatic rings. The number of carbonyl (C=O) groups excluding carboxylic acids is 4. The second kappa shape index (κ2) is 42.8. The van der Waals surface area contributed by atoms with Crippen LogP contribution in [0.5, 0.6) is 0 Å². The van der Waals surface area contributed by atoms with Crippen LogP contribution in [0, 0.1) is 0 Å². The van der Waals surface area contributed by atoms with Gasteiger partial charge in [0.15, 0.2) is 0 Å². The molecule has 12 heteroatoms. The van der Waals surface area contributed by atoms with E-state index >= 15 is 0 Å². The van der Waals surface area contributed by atoms with Gasteiger partial charge >= 0.3 is 59.1 Å². The zero-order valence-electron chi connectivity index (χ0n) is 13.8.